The SMILES string of the molecule is COc1ccc(Br)c(CC2CCN(CCc3cccc(C(=O)NCc4cccc(C(O[SiH](C)C)C(C)(C)C)c4)c3)CC2)c1. The zero-order chi connectivity index (χ0) is 31.0. The molecule has 232 valence electrons. The van der Waals surface area contributed by atoms with E-state index in [2.05, 4.69) is 109 Å². The molecule has 1 aliphatic rings. The van der Waals surface area contributed by atoms with E-state index in [4.69, 9.17) is 9.16 Å². The molecule has 1 fully saturated rings. The smallest absolute Gasteiger partial charge is 0.251 e. The lowest BCUT2D eigenvalue weighted by Crippen LogP contribution is -2.35. The Kier molecular flexibility index (Phi) is 12.1. The van der Waals surface area contributed by atoms with Gasteiger partial charge in [0, 0.05) is 23.1 Å². The maximum Gasteiger partial charge on any atom is 0.251 e. The lowest BCUT2D eigenvalue weighted by Gasteiger charge is -2.33. The molecule has 1 heterocycles. The van der Waals surface area contributed by atoms with Crippen LogP contribution in [0.3, 0.4) is 0 Å². The van der Waals surface area contributed by atoms with E-state index in [1.165, 1.54) is 34.0 Å². The predicted molar refractivity (Wildman–Crippen MR) is 183 cm³/mol. The first-order chi connectivity index (χ1) is 20.5. The Labute approximate surface area is 269 Å². The highest BCUT2D eigenvalue weighted by atomic mass is 79.9. The number of benzene rings is 3. The molecule has 0 aliphatic carbocycles. The van der Waals surface area contributed by atoms with Crippen molar-refractivity contribution in [2.24, 2.45) is 11.3 Å². The summed E-state index contributed by atoms with van der Waals surface area (Å²) in [6.45, 7) is 14.8. The average molecular weight is 666 g/mol. The minimum Gasteiger partial charge on any atom is -0.497 e. The van der Waals surface area contributed by atoms with Gasteiger partial charge in [-0.3, -0.25) is 4.79 Å². The number of rotatable bonds is 12. The largest absolute Gasteiger partial charge is 0.497 e. The molecule has 5 nitrogen and oxygen atoms in total. The summed E-state index contributed by atoms with van der Waals surface area (Å²) >= 11 is 3.71. The van der Waals surface area contributed by atoms with Gasteiger partial charge in [0.1, 0.15) is 5.75 Å². The van der Waals surface area contributed by atoms with Crippen LogP contribution in [0.5, 0.6) is 5.75 Å². The Morgan fingerprint density at radius 3 is 2.44 bits per heavy atom. The molecule has 0 bridgehead atoms. The summed E-state index contributed by atoms with van der Waals surface area (Å²) in [4.78, 5) is 15.7. The van der Waals surface area contributed by atoms with Crippen LogP contribution < -0.4 is 10.1 Å². The number of hydrogen-bond acceptors (Lipinski definition) is 4. The van der Waals surface area contributed by atoms with E-state index in [0.717, 1.165) is 49.4 Å². The topological polar surface area (TPSA) is 50.8 Å². The number of nitrogens with zero attached hydrogens (tertiary/aromatic N) is 1. The number of halogens is 1. The van der Waals surface area contributed by atoms with Crippen molar-refractivity contribution in [3.63, 3.8) is 0 Å². The number of carbonyl (C=O) groups excluding carboxylic acids is 1. The minimum absolute atomic E-state index is 0.00368. The molecule has 0 spiro atoms. The summed E-state index contributed by atoms with van der Waals surface area (Å²) in [6, 6.07) is 22.8. The number of hydrogen-bond donors (Lipinski definition) is 1. The molecule has 1 atom stereocenters. The Bertz CT molecular complexity index is 1350. The molecule has 7 heteroatoms. The van der Waals surface area contributed by atoms with Crippen LogP contribution in [0.15, 0.2) is 71.2 Å². The number of likely N-dealkylation sites (tertiary alicyclic amines) is 1. The van der Waals surface area contributed by atoms with Gasteiger partial charge in [0.05, 0.1) is 13.2 Å². The molecule has 0 radical (unpaired) electrons. The summed E-state index contributed by atoms with van der Waals surface area (Å²) in [5.74, 6) is 1.58. The second kappa shape index (κ2) is 15.5. The summed E-state index contributed by atoms with van der Waals surface area (Å²) in [7, 11) is 0.516. The molecule has 4 rings (SSSR count). The van der Waals surface area contributed by atoms with Crippen LogP contribution in [-0.4, -0.2) is 46.6 Å². The maximum atomic E-state index is 13.1. The number of nitrogens with one attached hydrogen (secondary N) is 1. The Morgan fingerprint density at radius 2 is 1.74 bits per heavy atom. The van der Waals surface area contributed by atoms with Gasteiger partial charge < -0.3 is 19.4 Å². The van der Waals surface area contributed by atoms with Crippen molar-refractivity contribution in [1.29, 1.82) is 0 Å². The fourth-order valence-corrected chi connectivity index (χ4v) is 7.44. The van der Waals surface area contributed by atoms with Crippen LogP contribution in [0, 0.1) is 11.3 Å². The Morgan fingerprint density at radius 1 is 1.02 bits per heavy atom. The van der Waals surface area contributed by atoms with Gasteiger partial charge in [0.15, 0.2) is 9.04 Å². The van der Waals surface area contributed by atoms with Crippen molar-refractivity contribution in [3.8, 4) is 5.75 Å². The summed E-state index contributed by atoms with van der Waals surface area (Å²) in [5, 5.41) is 3.14. The molecule has 1 unspecified atom stereocenters. The zero-order valence-electron chi connectivity index (χ0n) is 26.8. The highest BCUT2D eigenvalue weighted by Gasteiger charge is 2.28. The van der Waals surface area contributed by atoms with E-state index in [0.29, 0.717) is 12.5 Å². The Hall–Kier alpha value is -2.45. The number of amides is 1. The van der Waals surface area contributed by atoms with Gasteiger partial charge in [-0.1, -0.05) is 73.1 Å². The van der Waals surface area contributed by atoms with E-state index in [9.17, 15) is 4.79 Å². The molecule has 1 amide bonds. The molecule has 3 aromatic carbocycles. The number of piperidine rings is 1. The maximum absolute atomic E-state index is 13.1. The number of ether oxygens (including phenoxy) is 1. The first-order valence-corrected chi connectivity index (χ1v) is 19.3. The van der Waals surface area contributed by atoms with Crippen LogP contribution in [0.4, 0.5) is 0 Å². The van der Waals surface area contributed by atoms with Crippen molar-refractivity contribution in [2.45, 2.75) is 72.2 Å². The first kappa shape index (κ1) is 33.4. The van der Waals surface area contributed by atoms with Gasteiger partial charge in [-0.2, -0.15) is 0 Å². The van der Waals surface area contributed by atoms with Gasteiger partial charge in [0.25, 0.3) is 5.91 Å². The van der Waals surface area contributed by atoms with E-state index in [-0.39, 0.29) is 17.4 Å². The molecule has 1 aliphatic heterocycles. The standard InChI is InChI=1S/C36H49BrN2O3Si/c1-36(2,3)34(42-43(5)6)29-11-8-10-28(23-29)25-38-35(40)30-12-7-9-26(21-30)15-18-39-19-16-27(17-20-39)22-31-24-32(41-4)13-14-33(31)37/h7-14,21,23-24,27,34,43H,15-20,22,25H2,1-6H3,(H,38,40). The van der Waals surface area contributed by atoms with Crippen LogP contribution in [0.25, 0.3) is 0 Å². The van der Waals surface area contributed by atoms with Crippen molar-refractivity contribution in [3.05, 3.63) is 99.0 Å². The molecule has 0 aromatic heterocycles. The third-order valence-electron chi connectivity index (χ3n) is 8.28. The van der Waals surface area contributed by atoms with Crippen LogP contribution in [-0.2, 0) is 23.8 Å². The fraction of sp³-hybridized carbons (Fsp3) is 0.472. The summed E-state index contributed by atoms with van der Waals surface area (Å²) in [6.07, 6.45) is 4.48. The molecule has 43 heavy (non-hydrogen) atoms. The molecular weight excluding hydrogens is 616 g/mol. The summed E-state index contributed by atoms with van der Waals surface area (Å²) < 4.78 is 13.0. The molecule has 1 N–H and O–H groups in total. The second-order valence-corrected chi connectivity index (χ2v) is 16.5. The van der Waals surface area contributed by atoms with Gasteiger partial charge >= 0.3 is 0 Å². The first-order valence-electron chi connectivity index (χ1n) is 15.7. The second-order valence-electron chi connectivity index (χ2n) is 13.3. The zero-order valence-corrected chi connectivity index (χ0v) is 29.5. The van der Waals surface area contributed by atoms with E-state index >= 15 is 0 Å². The van der Waals surface area contributed by atoms with Crippen LogP contribution >= 0.6 is 15.9 Å². The van der Waals surface area contributed by atoms with Gasteiger partial charge in [-0.15, -0.1) is 0 Å². The minimum atomic E-state index is -1.21. The number of carbonyl (C=O) groups is 1. The monoisotopic (exact) mass is 664 g/mol. The highest BCUT2D eigenvalue weighted by Crippen LogP contribution is 2.37. The van der Waals surface area contributed by atoms with E-state index in [1.807, 2.05) is 18.2 Å². The lowest BCUT2D eigenvalue weighted by molar-refractivity contribution is 0.0865. The van der Waals surface area contributed by atoms with Gasteiger partial charge in [-0.05, 0) is 116 Å². The highest BCUT2D eigenvalue weighted by molar-refractivity contribution is 9.10. The molecule has 3 aromatic rings. The molecule has 1 saturated heterocycles. The normalized spacial score (nSPS) is 15.4. The van der Waals surface area contributed by atoms with Gasteiger partial charge in [0.2, 0.25) is 0 Å². The Balaban J connectivity index is 1.26. The fourth-order valence-electron chi connectivity index (χ4n) is 5.92. The van der Waals surface area contributed by atoms with Crippen molar-refractivity contribution in [2.75, 3.05) is 26.7 Å². The summed E-state index contributed by atoms with van der Waals surface area (Å²) in [5.41, 5.74) is 5.53. The lowest BCUT2D eigenvalue weighted by atomic mass is 9.84. The van der Waals surface area contributed by atoms with E-state index in [1.54, 1.807) is 7.11 Å². The van der Waals surface area contributed by atoms with Crippen LogP contribution in [0.1, 0.15) is 72.3 Å². The third-order valence-corrected chi connectivity index (χ3v) is 9.87. The van der Waals surface area contributed by atoms with E-state index < -0.39 is 9.04 Å². The number of methoxy groups -OCH3 is 1. The van der Waals surface area contributed by atoms with Crippen molar-refractivity contribution in [1.82, 2.24) is 10.2 Å². The van der Waals surface area contributed by atoms with Gasteiger partial charge in [-0.25, -0.2) is 0 Å². The quantitative estimate of drug-likeness (QED) is 0.200. The third kappa shape index (κ3) is 10.0. The van der Waals surface area contributed by atoms with Crippen molar-refractivity contribution >= 4 is 30.9 Å². The average Bonchev–Trinajstić information content (AvgIpc) is 2.99. The molecule has 0 saturated carbocycles. The molecular formula is C36H49BrN2O3Si. The van der Waals surface area contributed by atoms with Crippen molar-refractivity contribution < 1.29 is 14.0 Å². The predicted octanol–water partition coefficient (Wildman–Crippen LogP) is 7.97. The van der Waals surface area contributed by atoms with Crippen LogP contribution in [0.2, 0.25) is 13.1 Å².